The smallest absolute Gasteiger partial charge is 0.224 e. The molecule has 0 aliphatic heterocycles. The molecule has 1 atom stereocenters. The van der Waals surface area contributed by atoms with Crippen molar-refractivity contribution < 1.29 is 4.79 Å². The number of rotatable bonds is 6. The first-order chi connectivity index (χ1) is 11.6. The summed E-state index contributed by atoms with van der Waals surface area (Å²) in [5, 5.41) is 6.99. The average molecular weight is 328 g/mol. The van der Waals surface area contributed by atoms with E-state index in [1.165, 1.54) is 30.4 Å². The van der Waals surface area contributed by atoms with Crippen molar-refractivity contribution in [3.05, 3.63) is 35.4 Å². The number of nitrogens with zero attached hydrogens (tertiary/aromatic N) is 5. The maximum absolute atomic E-state index is 12.1. The predicted molar refractivity (Wildman–Crippen MR) is 89.3 cm³/mol. The molecule has 7 nitrogen and oxygen atoms in total. The van der Waals surface area contributed by atoms with Crippen LogP contribution >= 0.6 is 0 Å². The van der Waals surface area contributed by atoms with Gasteiger partial charge in [-0.2, -0.15) is 5.10 Å². The van der Waals surface area contributed by atoms with Crippen molar-refractivity contribution in [3.8, 4) is 0 Å². The zero-order chi connectivity index (χ0) is 16.9. The topological polar surface area (TPSA) is 85.6 Å². The molecule has 24 heavy (non-hydrogen) atoms. The van der Waals surface area contributed by atoms with Crippen molar-refractivity contribution in [2.24, 2.45) is 5.92 Å². The summed E-state index contributed by atoms with van der Waals surface area (Å²) in [5.41, 5.74) is 3.63. The van der Waals surface area contributed by atoms with Gasteiger partial charge in [0.15, 0.2) is 0 Å². The van der Waals surface area contributed by atoms with Crippen molar-refractivity contribution >= 4 is 5.91 Å². The lowest BCUT2D eigenvalue weighted by Gasteiger charge is -2.17. The van der Waals surface area contributed by atoms with Gasteiger partial charge >= 0.3 is 0 Å². The molecule has 0 saturated heterocycles. The zero-order valence-electron chi connectivity index (χ0n) is 14.3. The predicted octanol–water partition coefficient (Wildman–Crippen LogP) is 1.25. The van der Waals surface area contributed by atoms with E-state index in [9.17, 15) is 4.79 Å². The first-order valence-electron chi connectivity index (χ1n) is 8.59. The second kappa shape index (κ2) is 7.51. The summed E-state index contributed by atoms with van der Waals surface area (Å²) in [7, 11) is 0. The summed E-state index contributed by atoms with van der Waals surface area (Å²) in [6, 6.07) is 0. The SMILES string of the molecule is Cc1nc(CCNC(=O)C(C)Cn2cncn2)nc2c1CCCC2. The van der Waals surface area contributed by atoms with Crippen molar-refractivity contribution in [1.82, 2.24) is 30.0 Å². The fourth-order valence-corrected chi connectivity index (χ4v) is 3.12. The van der Waals surface area contributed by atoms with Gasteiger partial charge < -0.3 is 5.32 Å². The second-order valence-corrected chi connectivity index (χ2v) is 6.42. The highest BCUT2D eigenvalue weighted by Crippen LogP contribution is 2.21. The normalized spacial score (nSPS) is 14.9. The van der Waals surface area contributed by atoms with Crippen molar-refractivity contribution in [2.75, 3.05) is 6.54 Å². The van der Waals surface area contributed by atoms with Gasteiger partial charge in [-0.3, -0.25) is 9.48 Å². The van der Waals surface area contributed by atoms with Crippen LogP contribution in [0.15, 0.2) is 12.7 Å². The Balaban J connectivity index is 1.51. The Morgan fingerprint density at radius 1 is 1.33 bits per heavy atom. The summed E-state index contributed by atoms with van der Waals surface area (Å²) in [6.45, 7) is 5.03. The summed E-state index contributed by atoms with van der Waals surface area (Å²) in [5.74, 6) is 0.690. The van der Waals surface area contributed by atoms with E-state index in [0.29, 0.717) is 19.5 Å². The number of fused-ring (bicyclic) bond motifs is 1. The van der Waals surface area contributed by atoms with Gasteiger partial charge in [0, 0.05) is 24.4 Å². The van der Waals surface area contributed by atoms with Crippen molar-refractivity contribution in [2.45, 2.75) is 52.5 Å². The largest absolute Gasteiger partial charge is 0.355 e. The Morgan fingerprint density at radius 2 is 2.17 bits per heavy atom. The third-order valence-electron chi connectivity index (χ3n) is 4.46. The maximum atomic E-state index is 12.1. The summed E-state index contributed by atoms with van der Waals surface area (Å²) in [4.78, 5) is 25.3. The number of hydrogen-bond donors (Lipinski definition) is 1. The molecule has 1 aliphatic rings. The number of hydrogen-bond acceptors (Lipinski definition) is 5. The molecule has 1 unspecified atom stereocenters. The van der Waals surface area contributed by atoms with Crippen LogP contribution in [0.3, 0.4) is 0 Å². The highest BCUT2D eigenvalue weighted by atomic mass is 16.1. The van der Waals surface area contributed by atoms with E-state index in [0.717, 1.165) is 24.4 Å². The van der Waals surface area contributed by atoms with Crippen LogP contribution in [0.2, 0.25) is 0 Å². The number of aryl methyl sites for hydroxylation is 2. The molecule has 0 saturated carbocycles. The fraction of sp³-hybridized carbons (Fsp3) is 0.588. The number of carbonyl (C=O) groups is 1. The number of nitrogens with one attached hydrogen (secondary N) is 1. The van der Waals surface area contributed by atoms with Gasteiger partial charge in [-0.05, 0) is 38.2 Å². The Hall–Kier alpha value is -2.31. The van der Waals surface area contributed by atoms with Crippen LogP contribution in [-0.4, -0.2) is 37.2 Å². The lowest BCUT2D eigenvalue weighted by Crippen LogP contribution is -2.33. The molecular formula is C17H24N6O. The van der Waals surface area contributed by atoms with Gasteiger partial charge in [0.2, 0.25) is 5.91 Å². The highest BCUT2D eigenvalue weighted by Gasteiger charge is 2.16. The zero-order valence-corrected chi connectivity index (χ0v) is 14.3. The molecule has 2 heterocycles. The van der Waals surface area contributed by atoms with Crippen molar-refractivity contribution in [1.29, 1.82) is 0 Å². The van der Waals surface area contributed by atoms with E-state index in [-0.39, 0.29) is 11.8 Å². The third-order valence-corrected chi connectivity index (χ3v) is 4.46. The van der Waals surface area contributed by atoms with E-state index < -0.39 is 0 Å². The van der Waals surface area contributed by atoms with E-state index in [1.807, 2.05) is 6.92 Å². The Morgan fingerprint density at radius 3 is 2.96 bits per heavy atom. The molecule has 2 aromatic rings. The number of amides is 1. The van der Waals surface area contributed by atoms with Crippen LogP contribution in [0, 0.1) is 12.8 Å². The van der Waals surface area contributed by atoms with Crippen LogP contribution < -0.4 is 5.32 Å². The first-order valence-corrected chi connectivity index (χ1v) is 8.59. The molecule has 0 fully saturated rings. The quantitative estimate of drug-likeness (QED) is 0.862. The Kier molecular flexibility index (Phi) is 5.17. The summed E-state index contributed by atoms with van der Waals surface area (Å²) < 4.78 is 1.67. The molecule has 1 N–H and O–H groups in total. The Bertz CT molecular complexity index is 697. The molecular weight excluding hydrogens is 304 g/mol. The fourth-order valence-electron chi connectivity index (χ4n) is 3.12. The van der Waals surface area contributed by atoms with Gasteiger partial charge in [-0.15, -0.1) is 0 Å². The van der Waals surface area contributed by atoms with Gasteiger partial charge in [0.25, 0.3) is 0 Å². The van der Waals surface area contributed by atoms with Crippen LogP contribution in [0.25, 0.3) is 0 Å². The van der Waals surface area contributed by atoms with Gasteiger partial charge in [-0.1, -0.05) is 6.92 Å². The standard InChI is InChI=1S/C17H24N6O/c1-12(9-23-11-18-10-20-23)17(24)19-8-7-16-21-13(2)14-5-3-4-6-15(14)22-16/h10-12H,3-9H2,1-2H3,(H,19,24). The third kappa shape index (κ3) is 3.96. The molecule has 1 amide bonds. The lowest BCUT2D eigenvalue weighted by atomic mass is 9.95. The minimum Gasteiger partial charge on any atom is -0.355 e. The van der Waals surface area contributed by atoms with Crippen molar-refractivity contribution in [3.63, 3.8) is 0 Å². The van der Waals surface area contributed by atoms with Gasteiger partial charge in [0.1, 0.15) is 18.5 Å². The van der Waals surface area contributed by atoms with E-state index in [1.54, 1.807) is 11.0 Å². The monoisotopic (exact) mass is 328 g/mol. The van der Waals surface area contributed by atoms with Gasteiger partial charge in [0.05, 0.1) is 12.5 Å². The molecule has 0 aromatic carbocycles. The van der Waals surface area contributed by atoms with Crippen LogP contribution in [0.5, 0.6) is 0 Å². The molecule has 2 aromatic heterocycles. The van der Waals surface area contributed by atoms with Crippen LogP contribution in [0.4, 0.5) is 0 Å². The highest BCUT2D eigenvalue weighted by molar-refractivity contribution is 5.78. The summed E-state index contributed by atoms with van der Waals surface area (Å²) in [6.07, 6.45) is 8.34. The minimum absolute atomic E-state index is 0.0141. The Labute approximate surface area is 141 Å². The minimum atomic E-state index is -0.155. The molecule has 3 rings (SSSR count). The van der Waals surface area contributed by atoms with E-state index >= 15 is 0 Å². The molecule has 0 spiro atoms. The maximum Gasteiger partial charge on any atom is 0.224 e. The van der Waals surface area contributed by atoms with E-state index in [4.69, 9.17) is 4.98 Å². The average Bonchev–Trinajstić information content (AvgIpc) is 3.08. The summed E-state index contributed by atoms with van der Waals surface area (Å²) >= 11 is 0. The molecule has 128 valence electrons. The molecule has 0 bridgehead atoms. The molecule has 0 radical (unpaired) electrons. The molecule has 7 heteroatoms. The number of carbonyl (C=O) groups excluding carboxylic acids is 1. The van der Waals surface area contributed by atoms with Crippen LogP contribution in [0.1, 0.15) is 42.5 Å². The number of aromatic nitrogens is 5. The lowest BCUT2D eigenvalue weighted by molar-refractivity contribution is -0.124. The molecule has 1 aliphatic carbocycles. The van der Waals surface area contributed by atoms with Gasteiger partial charge in [-0.25, -0.2) is 15.0 Å². The van der Waals surface area contributed by atoms with Crippen LogP contribution in [-0.2, 0) is 30.6 Å². The van der Waals surface area contributed by atoms with E-state index in [2.05, 4.69) is 27.3 Å². The second-order valence-electron chi connectivity index (χ2n) is 6.42. The first kappa shape index (κ1) is 16.5.